The summed E-state index contributed by atoms with van der Waals surface area (Å²) in [6.07, 6.45) is 0.904. The minimum Gasteiger partial charge on any atom is -0.466 e. The van der Waals surface area contributed by atoms with Gasteiger partial charge in [-0.15, -0.1) is 0 Å². The zero-order chi connectivity index (χ0) is 13.7. The first kappa shape index (κ1) is 14.8. The van der Waals surface area contributed by atoms with Gasteiger partial charge in [0, 0.05) is 17.5 Å². The van der Waals surface area contributed by atoms with Crippen molar-refractivity contribution in [3.05, 3.63) is 35.9 Å². The number of nitrogens with zero attached hydrogens (tertiary/aromatic N) is 1. The molecule has 1 unspecified atom stereocenters. The van der Waals surface area contributed by atoms with E-state index < -0.39 is 0 Å². The summed E-state index contributed by atoms with van der Waals surface area (Å²) >= 11 is 2.31. The van der Waals surface area contributed by atoms with E-state index in [1.54, 1.807) is 0 Å². The van der Waals surface area contributed by atoms with Crippen LogP contribution in [0.3, 0.4) is 0 Å². The molecule has 0 N–H and O–H groups in total. The van der Waals surface area contributed by atoms with Crippen LogP contribution in [0.5, 0.6) is 0 Å². The summed E-state index contributed by atoms with van der Waals surface area (Å²) in [5.74, 6) is -0.0278. The lowest BCUT2D eigenvalue weighted by atomic mass is 9.90. The lowest BCUT2D eigenvalue weighted by molar-refractivity contribution is -0.153. The van der Waals surface area contributed by atoms with Gasteiger partial charge in [0.05, 0.1) is 12.0 Å². The standard InChI is InChI=1S/C15H20INO2/c1-2-19-14(18)15(11-16)8-9-17(12-15)10-13-6-4-3-5-7-13/h3-7H,2,8-12H2,1H3. The second kappa shape index (κ2) is 6.70. The summed E-state index contributed by atoms with van der Waals surface area (Å²) in [4.78, 5) is 14.5. The molecule has 1 saturated heterocycles. The van der Waals surface area contributed by atoms with Gasteiger partial charge in [-0.1, -0.05) is 52.9 Å². The molecule has 3 nitrogen and oxygen atoms in total. The summed E-state index contributed by atoms with van der Waals surface area (Å²) in [6, 6.07) is 10.4. The van der Waals surface area contributed by atoms with Crippen LogP contribution in [0.15, 0.2) is 30.3 Å². The molecular weight excluding hydrogens is 353 g/mol. The van der Waals surface area contributed by atoms with Gasteiger partial charge < -0.3 is 4.74 Å². The molecule has 1 aromatic carbocycles. The zero-order valence-corrected chi connectivity index (χ0v) is 13.4. The Bertz CT molecular complexity index is 423. The molecular formula is C15H20INO2. The SMILES string of the molecule is CCOC(=O)C1(CI)CCN(Cc2ccccc2)C1. The maximum absolute atomic E-state index is 12.1. The van der Waals surface area contributed by atoms with Crippen molar-refractivity contribution in [2.24, 2.45) is 5.41 Å². The molecule has 0 spiro atoms. The molecule has 1 aliphatic rings. The van der Waals surface area contributed by atoms with E-state index in [-0.39, 0.29) is 11.4 Å². The third-order valence-electron chi connectivity index (χ3n) is 3.65. The molecule has 19 heavy (non-hydrogen) atoms. The quantitative estimate of drug-likeness (QED) is 0.452. The van der Waals surface area contributed by atoms with E-state index in [4.69, 9.17) is 4.74 Å². The topological polar surface area (TPSA) is 29.5 Å². The summed E-state index contributed by atoms with van der Waals surface area (Å²) in [7, 11) is 0. The Hall–Kier alpha value is -0.620. The maximum Gasteiger partial charge on any atom is 0.314 e. The molecule has 1 heterocycles. The predicted molar refractivity (Wildman–Crippen MR) is 84.3 cm³/mol. The lowest BCUT2D eigenvalue weighted by Gasteiger charge is -2.25. The molecule has 1 aromatic rings. The van der Waals surface area contributed by atoms with E-state index >= 15 is 0 Å². The van der Waals surface area contributed by atoms with Gasteiger partial charge in [-0.2, -0.15) is 0 Å². The first-order valence-electron chi connectivity index (χ1n) is 6.69. The average Bonchev–Trinajstić information content (AvgIpc) is 2.85. The van der Waals surface area contributed by atoms with Crippen molar-refractivity contribution in [2.75, 3.05) is 24.1 Å². The Morgan fingerprint density at radius 2 is 2.16 bits per heavy atom. The summed E-state index contributed by atoms with van der Waals surface area (Å²) < 4.78 is 6.08. The van der Waals surface area contributed by atoms with Crippen LogP contribution in [0.4, 0.5) is 0 Å². The lowest BCUT2D eigenvalue weighted by Crippen LogP contribution is -2.37. The van der Waals surface area contributed by atoms with Crippen LogP contribution in [0, 0.1) is 5.41 Å². The van der Waals surface area contributed by atoms with Crippen molar-refractivity contribution in [2.45, 2.75) is 19.9 Å². The van der Waals surface area contributed by atoms with Crippen LogP contribution < -0.4 is 0 Å². The van der Waals surface area contributed by atoms with Gasteiger partial charge in [-0.05, 0) is 25.5 Å². The van der Waals surface area contributed by atoms with Gasteiger partial charge in [0.15, 0.2) is 0 Å². The zero-order valence-electron chi connectivity index (χ0n) is 11.3. The van der Waals surface area contributed by atoms with Crippen molar-refractivity contribution in [3.63, 3.8) is 0 Å². The Morgan fingerprint density at radius 3 is 2.79 bits per heavy atom. The molecule has 2 rings (SSSR count). The number of rotatable bonds is 5. The molecule has 0 aromatic heterocycles. The van der Waals surface area contributed by atoms with Gasteiger partial charge in [-0.3, -0.25) is 9.69 Å². The molecule has 0 radical (unpaired) electrons. The number of likely N-dealkylation sites (tertiary alicyclic amines) is 1. The van der Waals surface area contributed by atoms with Crippen molar-refractivity contribution in [3.8, 4) is 0 Å². The van der Waals surface area contributed by atoms with E-state index in [9.17, 15) is 4.79 Å². The number of benzene rings is 1. The van der Waals surface area contributed by atoms with Crippen LogP contribution in [-0.4, -0.2) is 35.0 Å². The van der Waals surface area contributed by atoms with E-state index in [0.29, 0.717) is 6.61 Å². The number of carbonyl (C=O) groups excluding carboxylic acids is 1. The molecule has 104 valence electrons. The van der Waals surface area contributed by atoms with Crippen LogP contribution >= 0.6 is 22.6 Å². The number of ether oxygens (including phenoxy) is 1. The van der Waals surface area contributed by atoms with Crippen LogP contribution in [0.2, 0.25) is 0 Å². The van der Waals surface area contributed by atoms with E-state index in [0.717, 1.165) is 30.5 Å². The highest BCUT2D eigenvalue weighted by atomic mass is 127. The third-order valence-corrected chi connectivity index (χ3v) is 5.11. The van der Waals surface area contributed by atoms with Gasteiger partial charge in [-0.25, -0.2) is 0 Å². The number of alkyl halides is 1. The normalized spacial score (nSPS) is 23.5. The fraction of sp³-hybridized carbons (Fsp3) is 0.533. The van der Waals surface area contributed by atoms with E-state index in [1.807, 2.05) is 13.0 Å². The van der Waals surface area contributed by atoms with Crippen LogP contribution in [0.1, 0.15) is 18.9 Å². The molecule has 0 aliphatic carbocycles. The number of carbonyl (C=O) groups is 1. The highest BCUT2D eigenvalue weighted by Gasteiger charge is 2.44. The number of hydrogen-bond acceptors (Lipinski definition) is 3. The van der Waals surface area contributed by atoms with Crippen molar-refractivity contribution >= 4 is 28.6 Å². The fourth-order valence-electron chi connectivity index (χ4n) is 2.55. The molecule has 0 saturated carbocycles. The Morgan fingerprint density at radius 1 is 1.42 bits per heavy atom. The molecule has 0 bridgehead atoms. The number of hydrogen-bond donors (Lipinski definition) is 0. The molecule has 0 amide bonds. The minimum atomic E-state index is -0.300. The summed E-state index contributed by atoms with van der Waals surface area (Å²) in [5.41, 5.74) is 1.00. The third kappa shape index (κ3) is 3.48. The van der Waals surface area contributed by atoms with Gasteiger partial charge >= 0.3 is 5.97 Å². The smallest absolute Gasteiger partial charge is 0.314 e. The van der Waals surface area contributed by atoms with Crippen molar-refractivity contribution < 1.29 is 9.53 Å². The molecule has 1 fully saturated rings. The van der Waals surface area contributed by atoms with Crippen LogP contribution in [0.25, 0.3) is 0 Å². The average molecular weight is 373 g/mol. The van der Waals surface area contributed by atoms with E-state index in [2.05, 4.69) is 51.8 Å². The summed E-state index contributed by atoms with van der Waals surface area (Å²) in [6.45, 7) is 5.03. The monoisotopic (exact) mass is 373 g/mol. The number of esters is 1. The van der Waals surface area contributed by atoms with Crippen LogP contribution in [-0.2, 0) is 16.1 Å². The highest BCUT2D eigenvalue weighted by Crippen LogP contribution is 2.34. The fourth-order valence-corrected chi connectivity index (χ4v) is 3.48. The van der Waals surface area contributed by atoms with Gasteiger partial charge in [0.1, 0.15) is 0 Å². The Kier molecular flexibility index (Phi) is 5.21. The first-order valence-corrected chi connectivity index (χ1v) is 8.22. The second-order valence-corrected chi connectivity index (χ2v) is 5.84. The number of halogens is 1. The van der Waals surface area contributed by atoms with Crippen molar-refractivity contribution in [1.29, 1.82) is 0 Å². The largest absolute Gasteiger partial charge is 0.466 e. The van der Waals surface area contributed by atoms with Gasteiger partial charge in [0.2, 0.25) is 0 Å². The summed E-state index contributed by atoms with van der Waals surface area (Å²) in [5, 5.41) is 0. The predicted octanol–water partition coefficient (Wildman–Crippen LogP) is 2.88. The first-order chi connectivity index (χ1) is 9.20. The maximum atomic E-state index is 12.1. The van der Waals surface area contributed by atoms with Gasteiger partial charge in [0.25, 0.3) is 0 Å². The molecule has 1 aliphatic heterocycles. The molecule has 1 atom stereocenters. The Balaban J connectivity index is 1.99. The molecule has 4 heteroatoms. The Labute approximate surface area is 128 Å². The second-order valence-electron chi connectivity index (χ2n) is 5.08. The van der Waals surface area contributed by atoms with Crippen molar-refractivity contribution in [1.82, 2.24) is 4.90 Å². The van der Waals surface area contributed by atoms with E-state index in [1.165, 1.54) is 5.56 Å². The minimum absolute atomic E-state index is 0.0278. The highest BCUT2D eigenvalue weighted by molar-refractivity contribution is 14.1.